The molecule has 2 aromatic carbocycles. The second-order valence-electron chi connectivity index (χ2n) is 7.95. The minimum atomic E-state index is 0.170. The van der Waals surface area contributed by atoms with Crippen molar-refractivity contribution in [3.05, 3.63) is 77.0 Å². The Hall–Kier alpha value is -2.88. The Labute approximate surface area is 172 Å². The van der Waals surface area contributed by atoms with E-state index in [1.165, 1.54) is 30.4 Å². The summed E-state index contributed by atoms with van der Waals surface area (Å²) in [6, 6.07) is 18.6. The van der Waals surface area contributed by atoms with Gasteiger partial charge in [0.25, 0.3) is 0 Å². The summed E-state index contributed by atoms with van der Waals surface area (Å²) in [7, 11) is 1.89. The first kappa shape index (κ1) is 19.4. The Morgan fingerprint density at radius 1 is 1.03 bits per heavy atom. The summed E-state index contributed by atoms with van der Waals surface area (Å²) in [5.74, 6) is 1.03. The highest BCUT2D eigenvalue weighted by Gasteiger charge is 2.14. The quantitative estimate of drug-likeness (QED) is 0.581. The van der Waals surface area contributed by atoms with Crippen LogP contribution in [0.15, 0.2) is 59.1 Å². The highest BCUT2D eigenvalue weighted by atomic mass is 16.5. The molecule has 1 heterocycles. The van der Waals surface area contributed by atoms with Crippen molar-refractivity contribution in [3.8, 4) is 11.3 Å². The fraction of sp³-hybridized carbons (Fsp3) is 0.360. The van der Waals surface area contributed by atoms with E-state index < -0.39 is 0 Å². The Balaban J connectivity index is 1.26. The van der Waals surface area contributed by atoms with Crippen LogP contribution in [0.2, 0.25) is 0 Å². The van der Waals surface area contributed by atoms with Gasteiger partial charge < -0.3 is 9.42 Å². The van der Waals surface area contributed by atoms with E-state index in [4.69, 9.17) is 4.52 Å². The van der Waals surface area contributed by atoms with Crippen molar-refractivity contribution in [2.45, 2.75) is 44.9 Å². The number of nitrogens with zero attached hydrogens (tertiary/aromatic N) is 2. The van der Waals surface area contributed by atoms with Crippen LogP contribution in [-0.2, 0) is 30.5 Å². The van der Waals surface area contributed by atoms with Crippen molar-refractivity contribution < 1.29 is 9.32 Å². The highest BCUT2D eigenvalue weighted by molar-refractivity contribution is 5.78. The molecule has 29 heavy (non-hydrogen) atoms. The normalized spacial score (nSPS) is 13.1. The molecular weight excluding hydrogens is 360 g/mol. The molecule has 0 fully saturated rings. The number of hydrogen-bond acceptors (Lipinski definition) is 3. The van der Waals surface area contributed by atoms with Crippen molar-refractivity contribution in [1.29, 1.82) is 0 Å². The van der Waals surface area contributed by atoms with Crippen LogP contribution in [0.4, 0.5) is 0 Å². The third-order valence-electron chi connectivity index (χ3n) is 5.74. The summed E-state index contributed by atoms with van der Waals surface area (Å²) in [5.41, 5.74) is 5.94. The van der Waals surface area contributed by atoms with Gasteiger partial charge in [-0.25, -0.2) is 0 Å². The molecule has 0 N–H and O–H groups in total. The lowest BCUT2D eigenvalue weighted by molar-refractivity contribution is -0.129. The predicted octanol–water partition coefficient (Wildman–Crippen LogP) is 4.85. The Kier molecular flexibility index (Phi) is 6.09. The molecule has 0 bridgehead atoms. The number of aromatic nitrogens is 1. The predicted molar refractivity (Wildman–Crippen MR) is 115 cm³/mol. The monoisotopic (exact) mass is 388 g/mol. The van der Waals surface area contributed by atoms with Crippen LogP contribution in [0.1, 0.15) is 41.7 Å². The number of carbonyl (C=O) groups excluding carboxylic acids is 1. The molecule has 1 aliphatic rings. The molecular formula is C25H28N2O2. The van der Waals surface area contributed by atoms with Crippen molar-refractivity contribution in [1.82, 2.24) is 10.1 Å². The van der Waals surface area contributed by atoms with Crippen LogP contribution in [0.5, 0.6) is 0 Å². The number of hydrogen-bond donors (Lipinski definition) is 0. The van der Waals surface area contributed by atoms with Gasteiger partial charge in [0.1, 0.15) is 11.5 Å². The molecule has 0 unspecified atom stereocenters. The second kappa shape index (κ2) is 9.08. The smallest absolute Gasteiger partial charge is 0.226 e. The summed E-state index contributed by atoms with van der Waals surface area (Å²) in [6.07, 6.45) is 6.98. The van der Waals surface area contributed by atoms with Gasteiger partial charge in [-0.2, -0.15) is 0 Å². The van der Waals surface area contributed by atoms with Gasteiger partial charge >= 0.3 is 0 Å². The number of aryl methyl sites for hydroxylation is 3. The Morgan fingerprint density at radius 2 is 1.83 bits per heavy atom. The molecule has 0 radical (unpaired) electrons. The minimum Gasteiger partial charge on any atom is -0.361 e. The van der Waals surface area contributed by atoms with Gasteiger partial charge in [0.15, 0.2) is 0 Å². The molecule has 0 atom stereocenters. The molecule has 4 rings (SSSR count). The van der Waals surface area contributed by atoms with Crippen LogP contribution < -0.4 is 0 Å². The van der Waals surface area contributed by atoms with E-state index in [2.05, 4.69) is 23.4 Å². The zero-order valence-corrected chi connectivity index (χ0v) is 17.1. The van der Waals surface area contributed by atoms with Crippen LogP contribution >= 0.6 is 0 Å². The zero-order chi connectivity index (χ0) is 20.1. The van der Waals surface area contributed by atoms with E-state index in [9.17, 15) is 4.79 Å². The number of likely N-dealkylation sites (N-methyl/N-ethyl adjacent to an activating group) is 1. The maximum atomic E-state index is 12.6. The van der Waals surface area contributed by atoms with Gasteiger partial charge in [-0.15, -0.1) is 0 Å². The highest BCUT2D eigenvalue weighted by Crippen LogP contribution is 2.23. The van der Waals surface area contributed by atoms with Gasteiger partial charge in [0, 0.05) is 31.6 Å². The van der Waals surface area contributed by atoms with Crippen LogP contribution in [0, 0.1) is 0 Å². The lowest BCUT2D eigenvalue weighted by atomic mass is 9.90. The van der Waals surface area contributed by atoms with Crippen molar-refractivity contribution in [3.63, 3.8) is 0 Å². The van der Waals surface area contributed by atoms with Gasteiger partial charge in [0.05, 0.1) is 6.42 Å². The van der Waals surface area contributed by atoms with E-state index in [1.807, 2.05) is 48.3 Å². The molecule has 4 nitrogen and oxygen atoms in total. The molecule has 1 amide bonds. The van der Waals surface area contributed by atoms with E-state index in [0.717, 1.165) is 41.8 Å². The van der Waals surface area contributed by atoms with Crippen molar-refractivity contribution in [2.75, 3.05) is 13.6 Å². The standard InChI is InChI=1S/C25H28N2O2/c1-27(25(28)17-19-13-14-20-8-5-6-11-22(20)16-19)15-7-12-23-18-24(26-29-23)21-9-3-2-4-10-21/h2-4,9-10,13-14,16,18H,5-8,11-12,15,17H2,1H3. The fourth-order valence-electron chi connectivity index (χ4n) is 4.00. The van der Waals surface area contributed by atoms with Crippen LogP contribution in [0.25, 0.3) is 11.3 Å². The van der Waals surface area contributed by atoms with Gasteiger partial charge in [-0.3, -0.25) is 4.79 Å². The maximum Gasteiger partial charge on any atom is 0.226 e. The number of benzene rings is 2. The average molecular weight is 389 g/mol. The molecule has 0 saturated carbocycles. The third kappa shape index (κ3) is 4.94. The number of carbonyl (C=O) groups is 1. The lowest BCUT2D eigenvalue weighted by Gasteiger charge is -2.19. The first-order valence-corrected chi connectivity index (χ1v) is 10.5. The van der Waals surface area contributed by atoms with Gasteiger partial charge in [-0.05, 0) is 48.8 Å². The summed E-state index contributed by atoms with van der Waals surface area (Å²) in [6.45, 7) is 0.713. The van der Waals surface area contributed by atoms with E-state index in [0.29, 0.717) is 13.0 Å². The van der Waals surface area contributed by atoms with Gasteiger partial charge in [-0.1, -0.05) is 53.7 Å². The van der Waals surface area contributed by atoms with E-state index in [1.54, 1.807) is 0 Å². The lowest BCUT2D eigenvalue weighted by Crippen LogP contribution is -2.29. The zero-order valence-electron chi connectivity index (χ0n) is 17.1. The SMILES string of the molecule is CN(CCCc1cc(-c2ccccc2)no1)C(=O)Cc1ccc2c(c1)CCCC2. The topological polar surface area (TPSA) is 46.3 Å². The molecule has 4 heteroatoms. The van der Waals surface area contributed by atoms with Crippen LogP contribution in [-0.4, -0.2) is 29.6 Å². The Bertz CT molecular complexity index is 962. The summed E-state index contributed by atoms with van der Waals surface area (Å²) in [4.78, 5) is 14.4. The molecule has 1 aliphatic carbocycles. The van der Waals surface area contributed by atoms with Crippen LogP contribution in [0.3, 0.4) is 0 Å². The van der Waals surface area contributed by atoms with E-state index in [-0.39, 0.29) is 5.91 Å². The summed E-state index contributed by atoms with van der Waals surface area (Å²) in [5, 5.41) is 4.15. The largest absolute Gasteiger partial charge is 0.361 e. The average Bonchev–Trinajstić information content (AvgIpc) is 3.23. The molecule has 0 saturated heterocycles. The Morgan fingerprint density at radius 3 is 2.66 bits per heavy atom. The number of fused-ring (bicyclic) bond motifs is 1. The molecule has 1 aromatic heterocycles. The first-order chi connectivity index (χ1) is 14.2. The summed E-state index contributed by atoms with van der Waals surface area (Å²) >= 11 is 0. The second-order valence-corrected chi connectivity index (χ2v) is 7.95. The molecule has 3 aromatic rings. The number of rotatable bonds is 7. The van der Waals surface area contributed by atoms with E-state index >= 15 is 0 Å². The molecule has 0 spiro atoms. The number of amides is 1. The fourth-order valence-corrected chi connectivity index (χ4v) is 4.00. The van der Waals surface area contributed by atoms with Gasteiger partial charge in [0.2, 0.25) is 5.91 Å². The third-order valence-corrected chi connectivity index (χ3v) is 5.74. The molecule has 150 valence electrons. The van der Waals surface area contributed by atoms with Crippen molar-refractivity contribution in [2.24, 2.45) is 0 Å². The molecule has 0 aliphatic heterocycles. The summed E-state index contributed by atoms with van der Waals surface area (Å²) < 4.78 is 5.46. The minimum absolute atomic E-state index is 0.170. The first-order valence-electron chi connectivity index (χ1n) is 10.5. The maximum absolute atomic E-state index is 12.6. The van der Waals surface area contributed by atoms with Crippen molar-refractivity contribution >= 4 is 5.91 Å².